The van der Waals surface area contributed by atoms with Gasteiger partial charge in [-0.05, 0) is 24.3 Å². The third-order valence-electron chi connectivity index (χ3n) is 4.12. The zero-order valence-corrected chi connectivity index (χ0v) is 11.0. The lowest BCUT2D eigenvalue weighted by Gasteiger charge is -2.36. The van der Waals surface area contributed by atoms with Crippen molar-refractivity contribution in [3.63, 3.8) is 0 Å². The Kier molecular flexibility index (Phi) is 3.69. The summed E-state index contributed by atoms with van der Waals surface area (Å²) in [6.07, 6.45) is 2.14. The lowest BCUT2D eigenvalue weighted by molar-refractivity contribution is 0.0614. The van der Waals surface area contributed by atoms with Gasteiger partial charge in [0.25, 0.3) is 0 Å². The molecule has 3 rings (SSSR count). The molecule has 1 aromatic carbocycles. The number of ether oxygens (including phenoxy) is 1. The number of carbonyl (C=O) groups is 1. The molecule has 0 aromatic heterocycles. The van der Waals surface area contributed by atoms with Crippen molar-refractivity contribution < 1.29 is 9.53 Å². The second-order valence-electron chi connectivity index (χ2n) is 5.36. The maximum Gasteiger partial charge on any atom is 0.410 e. The van der Waals surface area contributed by atoms with E-state index in [1.54, 1.807) is 0 Å². The first-order valence-electron chi connectivity index (χ1n) is 7.02. The van der Waals surface area contributed by atoms with Crippen molar-refractivity contribution in [3.8, 4) is 0 Å². The van der Waals surface area contributed by atoms with Crippen LogP contribution in [-0.4, -0.2) is 36.7 Å². The van der Waals surface area contributed by atoms with Crippen LogP contribution >= 0.6 is 0 Å². The highest BCUT2D eigenvalue weighted by molar-refractivity contribution is 5.68. The minimum Gasteiger partial charge on any atom is -0.445 e. The summed E-state index contributed by atoms with van der Waals surface area (Å²) in [6, 6.07) is 10.2. The van der Waals surface area contributed by atoms with Crippen LogP contribution in [0.25, 0.3) is 0 Å². The molecule has 0 aliphatic carbocycles. The Bertz CT molecular complexity index is 435. The van der Waals surface area contributed by atoms with E-state index >= 15 is 0 Å². The average Bonchev–Trinajstić information content (AvgIpc) is 2.94. The Morgan fingerprint density at radius 1 is 1.32 bits per heavy atom. The number of nitrogens with one attached hydrogen (secondary N) is 1. The van der Waals surface area contributed by atoms with Gasteiger partial charge in [-0.2, -0.15) is 0 Å². The first-order chi connectivity index (χ1) is 9.34. The fourth-order valence-corrected chi connectivity index (χ4v) is 3.10. The van der Waals surface area contributed by atoms with Crippen LogP contribution in [0.3, 0.4) is 0 Å². The molecule has 1 N–H and O–H groups in total. The minimum absolute atomic E-state index is 0.165. The molecule has 0 radical (unpaired) electrons. The molecule has 2 aliphatic rings. The van der Waals surface area contributed by atoms with Crippen molar-refractivity contribution in [1.82, 2.24) is 10.2 Å². The van der Waals surface area contributed by atoms with Crippen LogP contribution in [0, 0.1) is 5.92 Å². The second kappa shape index (κ2) is 5.61. The van der Waals surface area contributed by atoms with Gasteiger partial charge in [0.2, 0.25) is 0 Å². The molecule has 4 heteroatoms. The van der Waals surface area contributed by atoms with E-state index in [2.05, 4.69) is 5.32 Å². The summed E-state index contributed by atoms with van der Waals surface area (Å²) in [6.45, 7) is 3.13. The lowest BCUT2D eigenvalue weighted by atomic mass is 9.92. The Hall–Kier alpha value is -1.55. The Morgan fingerprint density at radius 2 is 2.16 bits per heavy atom. The SMILES string of the molecule is O=C(OCc1ccccc1)N1CCC[C@@H]2CNC[C@H]21. The lowest BCUT2D eigenvalue weighted by Crippen LogP contribution is -2.48. The van der Waals surface area contributed by atoms with Crippen molar-refractivity contribution >= 4 is 6.09 Å². The highest BCUT2D eigenvalue weighted by Crippen LogP contribution is 2.26. The van der Waals surface area contributed by atoms with Gasteiger partial charge in [-0.3, -0.25) is 0 Å². The molecule has 0 unspecified atom stereocenters. The maximum atomic E-state index is 12.2. The zero-order chi connectivity index (χ0) is 13.1. The van der Waals surface area contributed by atoms with Crippen molar-refractivity contribution in [2.75, 3.05) is 19.6 Å². The van der Waals surface area contributed by atoms with Gasteiger partial charge in [0.1, 0.15) is 6.61 Å². The van der Waals surface area contributed by atoms with E-state index in [0.29, 0.717) is 18.6 Å². The predicted octanol–water partition coefficient (Wildman–Crippen LogP) is 2.01. The van der Waals surface area contributed by atoms with Crippen LogP contribution in [0.2, 0.25) is 0 Å². The molecule has 1 aromatic rings. The number of hydrogen-bond acceptors (Lipinski definition) is 3. The van der Waals surface area contributed by atoms with Crippen molar-refractivity contribution in [1.29, 1.82) is 0 Å². The molecule has 19 heavy (non-hydrogen) atoms. The van der Waals surface area contributed by atoms with Crippen LogP contribution in [0.5, 0.6) is 0 Å². The smallest absolute Gasteiger partial charge is 0.410 e. The van der Waals surface area contributed by atoms with Gasteiger partial charge in [0, 0.05) is 19.6 Å². The molecule has 102 valence electrons. The fraction of sp³-hybridized carbons (Fsp3) is 0.533. The molecule has 0 bridgehead atoms. The molecule has 0 saturated carbocycles. The molecule has 4 nitrogen and oxygen atoms in total. The summed E-state index contributed by atoms with van der Waals surface area (Å²) in [5.41, 5.74) is 1.04. The van der Waals surface area contributed by atoms with Gasteiger partial charge < -0.3 is 15.0 Å². The largest absolute Gasteiger partial charge is 0.445 e. The summed E-state index contributed by atoms with van der Waals surface area (Å²) in [5.74, 6) is 0.609. The maximum absolute atomic E-state index is 12.2. The molecule has 2 fully saturated rings. The van der Waals surface area contributed by atoms with Crippen LogP contribution in [-0.2, 0) is 11.3 Å². The van der Waals surface area contributed by atoms with E-state index in [1.165, 1.54) is 6.42 Å². The van der Waals surface area contributed by atoms with Crippen LogP contribution in [0.4, 0.5) is 4.79 Å². The Morgan fingerprint density at radius 3 is 3.00 bits per heavy atom. The summed E-state index contributed by atoms with van der Waals surface area (Å²) < 4.78 is 5.43. The number of rotatable bonds is 2. The number of fused-ring (bicyclic) bond motifs is 1. The monoisotopic (exact) mass is 260 g/mol. The Labute approximate surface area is 113 Å². The van der Waals surface area contributed by atoms with E-state index in [-0.39, 0.29) is 6.09 Å². The predicted molar refractivity (Wildman–Crippen MR) is 72.7 cm³/mol. The number of piperidine rings is 1. The van der Waals surface area contributed by atoms with Gasteiger partial charge in [-0.1, -0.05) is 30.3 Å². The molecule has 2 heterocycles. The van der Waals surface area contributed by atoms with Crippen LogP contribution in [0.15, 0.2) is 30.3 Å². The minimum atomic E-state index is -0.165. The first-order valence-corrected chi connectivity index (χ1v) is 7.02. The molecule has 2 aliphatic heterocycles. The quantitative estimate of drug-likeness (QED) is 0.884. The van der Waals surface area contributed by atoms with Gasteiger partial charge in [-0.15, -0.1) is 0 Å². The van der Waals surface area contributed by atoms with Crippen LogP contribution < -0.4 is 5.32 Å². The number of amides is 1. The van der Waals surface area contributed by atoms with Crippen molar-refractivity contribution in [2.45, 2.75) is 25.5 Å². The van der Waals surface area contributed by atoms with Gasteiger partial charge in [0.15, 0.2) is 0 Å². The van der Waals surface area contributed by atoms with Crippen molar-refractivity contribution in [2.24, 2.45) is 5.92 Å². The number of nitrogens with zero attached hydrogens (tertiary/aromatic N) is 1. The average molecular weight is 260 g/mol. The Balaban J connectivity index is 1.57. The highest BCUT2D eigenvalue weighted by Gasteiger charge is 2.37. The third kappa shape index (κ3) is 2.73. The summed E-state index contributed by atoms with van der Waals surface area (Å²) >= 11 is 0. The van der Waals surface area contributed by atoms with Gasteiger partial charge in [-0.25, -0.2) is 4.79 Å². The molecule has 1 amide bonds. The van der Waals surface area contributed by atoms with Crippen LogP contribution in [0.1, 0.15) is 18.4 Å². The van der Waals surface area contributed by atoms with E-state index in [4.69, 9.17) is 4.74 Å². The van der Waals surface area contributed by atoms with E-state index < -0.39 is 0 Å². The van der Waals surface area contributed by atoms with E-state index in [9.17, 15) is 4.79 Å². The number of carbonyl (C=O) groups excluding carboxylic acids is 1. The fourth-order valence-electron chi connectivity index (χ4n) is 3.10. The summed E-state index contributed by atoms with van der Waals surface area (Å²) in [7, 11) is 0. The number of benzene rings is 1. The number of hydrogen-bond donors (Lipinski definition) is 1. The summed E-state index contributed by atoms with van der Waals surface area (Å²) in [5, 5.41) is 3.37. The van der Waals surface area contributed by atoms with Gasteiger partial charge >= 0.3 is 6.09 Å². The molecular weight excluding hydrogens is 240 g/mol. The second-order valence-corrected chi connectivity index (χ2v) is 5.36. The van der Waals surface area contributed by atoms with E-state index in [1.807, 2.05) is 35.2 Å². The third-order valence-corrected chi connectivity index (χ3v) is 4.12. The van der Waals surface area contributed by atoms with Crippen molar-refractivity contribution in [3.05, 3.63) is 35.9 Å². The summed E-state index contributed by atoms with van der Waals surface area (Å²) in [4.78, 5) is 14.1. The molecule has 0 spiro atoms. The molecule has 2 atom stereocenters. The first kappa shape index (κ1) is 12.5. The van der Waals surface area contributed by atoms with E-state index in [0.717, 1.165) is 31.6 Å². The molecular formula is C15H20N2O2. The highest BCUT2D eigenvalue weighted by atomic mass is 16.6. The normalized spacial score (nSPS) is 26.0. The molecule has 2 saturated heterocycles. The zero-order valence-electron chi connectivity index (χ0n) is 11.0. The topological polar surface area (TPSA) is 41.6 Å². The van der Waals surface area contributed by atoms with Gasteiger partial charge in [0.05, 0.1) is 6.04 Å². The number of likely N-dealkylation sites (tertiary alicyclic amines) is 1. The standard InChI is InChI=1S/C15H20N2O2/c18-15(19-11-12-5-2-1-3-6-12)17-8-4-7-13-9-16-10-14(13)17/h1-3,5-6,13-14,16H,4,7-11H2/t13-,14-/m1/s1.